The number of fused-ring (bicyclic) bond motifs is 4. The van der Waals surface area contributed by atoms with E-state index in [9.17, 15) is 0 Å². The highest BCUT2D eigenvalue weighted by Gasteiger charge is 2.20. The lowest BCUT2D eigenvalue weighted by Gasteiger charge is -2.12. The fourth-order valence-electron chi connectivity index (χ4n) is 6.35. The maximum Gasteiger partial charge on any atom is 0.164 e. The molecule has 0 spiro atoms. The molecule has 0 aliphatic rings. The van der Waals surface area contributed by atoms with Gasteiger partial charge in [-0.15, -0.1) is 0 Å². The van der Waals surface area contributed by atoms with E-state index in [1.54, 1.807) is 0 Å². The van der Waals surface area contributed by atoms with Crippen molar-refractivity contribution in [2.45, 2.75) is 0 Å². The van der Waals surface area contributed by atoms with Crippen LogP contribution in [0.3, 0.4) is 0 Å². The number of furan rings is 1. The third-order valence-corrected chi connectivity index (χ3v) is 8.72. The van der Waals surface area contributed by atoms with Crippen molar-refractivity contribution in [3.05, 3.63) is 164 Å². The van der Waals surface area contributed by atoms with Gasteiger partial charge in [-0.1, -0.05) is 140 Å². The summed E-state index contributed by atoms with van der Waals surface area (Å²) in [5.74, 6) is 1.84. The van der Waals surface area contributed by atoms with Crippen molar-refractivity contribution in [3.63, 3.8) is 0 Å². The lowest BCUT2D eigenvalue weighted by Crippen LogP contribution is -2.00. The summed E-state index contributed by atoms with van der Waals surface area (Å²) in [7, 11) is 0. The molecule has 4 nitrogen and oxygen atoms in total. The molecule has 2 heterocycles. The van der Waals surface area contributed by atoms with Crippen LogP contribution in [0.25, 0.3) is 89.1 Å². The standard InChI is InChI=1S/C43H27N3O/c1-3-11-28(12-4-1)30-19-21-31(22-20-30)35-26-37(40-36-17-9-10-18-38(36)47-39(40)27-35)43-45-41(32-14-5-2-6-15-32)44-42(46-43)34-24-23-29-13-7-8-16-33(29)25-34/h1-27H. The van der Waals surface area contributed by atoms with Crippen LogP contribution < -0.4 is 0 Å². The van der Waals surface area contributed by atoms with Crippen LogP contribution in [0.2, 0.25) is 0 Å². The van der Waals surface area contributed by atoms with Crippen molar-refractivity contribution in [2.24, 2.45) is 0 Å². The summed E-state index contributed by atoms with van der Waals surface area (Å²) in [6.07, 6.45) is 0. The van der Waals surface area contributed by atoms with Gasteiger partial charge in [0, 0.05) is 27.5 Å². The molecule has 7 aromatic carbocycles. The fourth-order valence-corrected chi connectivity index (χ4v) is 6.35. The highest BCUT2D eigenvalue weighted by atomic mass is 16.3. The van der Waals surface area contributed by atoms with Crippen LogP contribution in [0.15, 0.2) is 168 Å². The van der Waals surface area contributed by atoms with E-state index in [1.165, 1.54) is 16.5 Å². The minimum Gasteiger partial charge on any atom is -0.456 e. The van der Waals surface area contributed by atoms with E-state index in [4.69, 9.17) is 19.4 Å². The van der Waals surface area contributed by atoms with Crippen molar-refractivity contribution in [1.82, 2.24) is 15.0 Å². The Labute approximate surface area is 271 Å². The van der Waals surface area contributed by atoms with Crippen LogP contribution in [0.1, 0.15) is 0 Å². The third kappa shape index (κ3) is 4.93. The molecule has 0 saturated carbocycles. The smallest absolute Gasteiger partial charge is 0.164 e. The molecule has 47 heavy (non-hydrogen) atoms. The van der Waals surface area contributed by atoms with Crippen LogP contribution in [0.5, 0.6) is 0 Å². The van der Waals surface area contributed by atoms with E-state index in [0.29, 0.717) is 17.5 Å². The molecule has 0 radical (unpaired) electrons. The molecule has 0 bridgehead atoms. The molecule has 9 aromatic rings. The van der Waals surface area contributed by atoms with Crippen LogP contribution in [-0.2, 0) is 0 Å². The molecule has 2 aromatic heterocycles. The fraction of sp³-hybridized carbons (Fsp3) is 0. The number of nitrogens with zero attached hydrogens (tertiary/aromatic N) is 3. The van der Waals surface area contributed by atoms with E-state index >= 15 is 0 Å². The average molecular weight is 602 g/mol. The van der Waals surface area contributed by atoms with Gasteiger partial charge in [0.05, 0.1) is 0 Å². The van der Waals surface area contributed by atoms with Crippen LogP contribution in [0, 0.1) is 0 Å². The first-order valence-corrected chi connectivity index (χ1v) is 15.7. The van der Waals surface area contributed by atoms with Gasteiger partial charge in [0.2, 0.25) is 0 Å². The van der Waals surface area contributed by atoms with Gasteiger partial charge >= 0.3 is 0 Å². The van der Waals surface area contributed by atoms with Gasteiger partial charge in [0.15, 0.2) is 17.5 Å². The minimum absolute atomic E-state index is 0.598. The zero-order valence-corrected chi connectivity index (χ0v) is 25.3. The second kappa shape index (κ2) is 11.2. The lowest BCUT2D eigenvalue weighted by atomic mass is 9.96. The van der Waals surface area contributed by atoms with Crippen molar-refractivity contribution in [2.75, 3.05) is 0 Å². The second-order valence-corrected chi connectivity index (χ2v) is 11.7. The number of rotatable bonds is 5. The molecule has 0 saturated heterocycles. The SMILES string of the molecule is c1ccc(-c2ccc(-c3cc(-c4nc(-c5ccccc5)nc(-c5ccc6ccccc6c5)n4)c4c(c3)oc3ccccc34)cc2)cc1. The Balaban J connectivity index is 1.28. The van der Waals surface area contributed by atoms with Crippen molar-refractivity contribution >= 4 is 32.7 Å². The van der Waals surface area contributed by atoms with Gasteiger partial charge in [-0.2, -0.15) is 0 Å². The molecular weight excluding hydrogens is 574 g/mol. The molecule has 0 aliphatic carbocycles. The Bertz CT molecular complexity index is 2550. The molecule has 0 atom stereocenters. The van der Waals surface area contributed by atoms with Crippen molar-refractivity contribution in [1.29, 1.82) is 0 Å². The topological polar surface area (TPSA) is 51.8 Å². The van der Waals surface area contributed by atoms with Crippen LogP contribution in [0.4, 0.5) is 0 Å². The average Bonchev–Trinajstić information content (AvgIpc) is 3.53. The molecule has 9 rings (SSSR count). The maximum atomic E-state index is 6.48. The maximum absolute atomic E-state index is 6.48. The zero-order chi connectivity index (χ0) is 31.2. The lowest BCUT2D eigenvalue weighted by molar-refractivity contribution is 0.669. The van der Waals surface area contributed by atoms with E-state index < -0.39 is 0 Å². The predicted octanol–water partition coefficient (Wildman–Crippen LogP) is 11.3. The number of para-hydroxylation sites is 1. The van der Waals surface area contributed by atoms with Gasteiger partial charge in [0.1, 0.15) is 11.2 Å². The van der Waals surface area contributed by atoms with E-state index in [2.05, 4.69) is 109 Å². The summed E-state index contributed by atoms with van der Waals surface area (Å²) < 4.78 is 6.48. The second-order valence-electron chi connectivity index (χ2n) is 11.7. The van der Waals surface area contributed by atoms with Crippen molar-refractivity contribution < 1.29 is 4.42 Å². The summed E-state index contributed by atoms with van der Waals surface area (Å²) in [6, 6.07) is 56.4. The number of benzene rings is 7. The van der Waals surface area contributed by atoms with Gasteiger partial charge in [-0.3, -0.25) is 0 Å². The first-order valence-electron chi connectivity index (χ1n) is 15.7. The summed E-state index contributed by atoms with van der Waals surface area (Å²) in [5.41, 5.74) is 8.85. The first-order chi connectivity index (χ1) is 23.3. The van der Waals surface area contributed by atoms with Crippen molar-refractivity contribution in [3.8, 4) is 56.4 Å². The largest absolute Gasteiger partial charge is 0.456 e. The zero-order valence-electron chi connectivity index (χ0n) is 25.3. The van der Waals surface area contributed by atoms with Crippen LogP contribution in [-0.4, -0.2) is 15.0 Å². The van der Waals surface area contributed by atoms with E-state index in [-0.39, 0.29) is 0 Å². The normalized spacial score (nSPS) is 11.4. The summed E-state index contributed by atoms with van der Waals surface area (Å²) >= 11 is 0. The Kier molecular flexibility index (Phi) is 6.43. The minimum atomic E-state index is 0.598. The third-order valence-electron chi connectivity index (χ3n) is 8.72. The first kappa shape index (κ1) is 27.0. The Morgan fingerprint density at radius 2 is 0.894 bits per heavy atom. The molecule has 0 aliphatic heterocycles. The van der Waals surface area contributed by atoms with Gasteiger partial charge in [-0.25, -0.2) is 15.0 Å². The molecule has 4 heteroatoms. The number of hydrogen-bond acceptors (Lipinski definition) is 4. The van der Waals surface area contributed by atoms with Crippen LogP contribution >= 0.6 is 0 Å². The molecule has 0 fully saturated rings. The Morgan fingerprint density at radius 1 is 0.340 bits per heavy atom. The molecular formula is C43H27N3O. The predicted molar refractivity (Wildman–Crippen MR) is 192 cm³/mol. The quantitative estimate of drug-likeness (QED) is 0.197. The van der Waals surface area contributed by atoms with Gasteiger partial charge < -0.3 is 4.42 Å². The number of aromatic nitrogens is 3. The number of hydrogen-bond donors (Lipinski definition) is 0. The van der Waals surface area contributed by atoms with Gasteiger partial charge in [0.25, 0.3) is 0 Å². The van der Waals surface area contributed by atoms with E-state index in [0.717, 1.165) is 55.1 Å². The highest BCUT2D eigenvalue weighted by Crippen LogP contribution is 2.40. The molecule has 0 amide bonds. The summed E-state index contributed by atoms with van der Waals surface area (Å²) in [4.78, 5) is 15.3. The molecule has 0 N–H and O–H groups in total. The summed E-state index contributed by atoms with van der Waals surface area (Å²) in [6.45, 7) is 0. The van der Waals surface area contributed by atoms with E-state index in [1.807, 2.05) is 54.6 Å². The van der Waals surface area contributed by atoms with Gasteiger partial charge in [-0.05, 0) is 57.3 Å². The Morgan fingerprint density at radius 3 is 1.66 bits per heavy atom. The summed E-state index contributed by atoms with van der Waals surface area (Å²) in [5, 5.41) is 4.32. The molecule has 220 valence electrons. The highest BCUT2D eigenvalue weighted by molar-refractivity contribution is 6.13. The molecule has 0 unspecified atom stereocenters. The monoisotopic (exact) mass is 601 g/mol. The Hall–Kier alpha value is -6.39.